The van der Waals surface area contributed by atoms with E-state index in [2.05, 4.69) is 17.1 Å². The van der Waals surface area contributed by atoms with Crippen molar-refractivity contribution in [3.8, 4) is 0 Å². The summed E-state index contributed by atoms with van der Waals surface area (Å²) in [6.45, 7) is 6.26. The van der Waals surface area contributed by atoms with Crippen LogP contribution in [-0.4, -0.2) is 31.1 Å². The van der Waals surface area contributed by atoms with Gasteiger partial charge in [0.1, 0.15) is 5.82 Å². The largest absolute Gasteiger partial charge is 0.381 e. The molecule has 0 aromatic heterocycles. The summed E-state index contributed by atoms with van der Waals surface area (Å²) in [4.78, 5) is 2.44. The number of likely N-dealkylation sites (N-methyl/N-ethyl adjacent to an activating group) is 1. The van der Waals surface area contributed by atoms with Crippen LogP contribution >= 0.6 is 0 Å². The molecule has 0 radical (unpaired) electrons. The van der Waals surface area contributed by atoms with E-state index < -0.39 is 0 Å². The number of rotatable bonds is 7. The van der Waals surface area contributed by atoms with E-state index in [1.165, 1.54) is 25.5 Å². The van der Waals surface area contributed by atoms with Crippen LogP contribution in [0.2, 0.25) is 0 Å². The minimum atomic E-state index is -0.169. The average Bonchev–Trinajstić information content (AvgIpc) is 3.14. The van der Waals surface area contributed by atoms with Crippen LogP contribution < -0.4 is 5.32 Å². The van der Waals surface area contributed by atoms with Gasteiger partial charge in [-0.2, -0.15) is 0 Å². The number of hydrogen-bond acceptors (Lipinski definition) is 2. The van der Waals surface area contributed by atoms with Crippen molar-refractivity contribution >= 4 is 5.69 Å². The molecular formula is C14H21FN2. The molecule has 2 nitrogen and oxygen atoms in total. The van der Waals surface area contributed by atoms with Crippen molar-refractivity contribution in [2.75, 3.05) is 31.5 Å². The van der Waals surface area contributed by atoms with Crippen LogP contribution in [0.1, 0.15) is 19.8 Å². The molecule has 0 heterocycles. The normalized spacial score (nSPS) is 15.2. The molecule has 1 aliphatic carbocycles. The smallest absolute Gasteiger partial charge is 0.146 e. The number of nitrogens with zero attached hydrogens (tertiary/aromatic N) is 1. The lowest BCUT2D eigenvalue weighted by atomic mass is 10.3. The van der Waals surface area contributed by atoms with E-state index in [0.717, 1.165) is 25.6 Å². The van der Waals surface area contributed by atoms with Crippen LogP contribution in [0.5, 0.6) is 0 Å². The van der Waals surface area contributed by atoms with Crippen molar-refractivity contribution in [3.05, 3.63) is 30.1 Å². The Morgan fingerprint density at radius 3 is 2.76 bits per heavy atom. The van der Waals surface area contributed by atoms with Crippen LogP contribution in [0, 0.1) is 11.7 Å². The van der Waals surface area contributed by atoms with Crippen molar-refractivity contribution < 1.29 is 4.39 Å². The minimum absolute atomic E-state index is 0.169. The number of anilines is 1. The van der Waals surface area contributed by atoms with Crippen molar-refractivity contribution in [1.82, 2.24) is 4.90 Å². The monoisotopic (exact) mass is 236 g/mol. The van der Waals surface area contributed by atoms with Gasteiger partial charge in [0.15, 0.2) is 0 Å². The zero-order valence-corrected chi connectivity index (χ0v) is 10.5. The van der Waals surface area contributed by atoms with Gasteiger partial charge in [0.05, 0.1) is 5.69 Å². The molecule has 2 rings (SSSR count). The molecule has 0 aliphatic heterocycles. The van der Waals surface area contributed by atoms with Gasteiger partial charge in [-0.25, -0.2) is 4.39 Å². The molecule has 94 valence electrons. The summed E-state index contributed by atoms with van der Waals surface area (Å²) < 4.78 is 13.3. The number of hydrogen-bond donors (Lipinski definition) is 1. The highest BCUT2D eigenvalue weighted by Gasteiger charge is 2.23. The Hall–Kier alpha value is -1.09. The van der Waals surface area contributed by atoms with Crippen LogP contribution in [0.25, 0.3) is 0 Å². The van der Waals surface area contributed by atoms with Gasteiger partial charge in [0.25, 0.3) is 0 Å². The third-order valence-electron chi connectivity index (χ3n) is 3.28. The Morgan fingerprint density at radius 2 is 2.12 bits per heavy atom. The second-order valence-electron chi connectivity index (χ2n) is 4.74. The molecule has 1 N–H and O–H groups in total. The van der Waals surface area contributed by atoms with Crippen molar-refractivity contribution in [2.45, 2.75) is 19.8 Å². The summed E-state index contributed by atoms with van der Waals surface area (Å²) in [6.07, 6.45) is 2.77. The van der Waals surface area contributed by atoms with Gasteiger partial charge in [-0.1, -0.05) is 19.1 Å². The summed E-state index contributed by atoms with van der Waals surface area (Å²) in [5, 5.41) is 3.15. The molecule has 0 spiro atoms. The summed E-state index contributed by atoms with van der Waals surface area (Å²) in [5.41, 5.74) is 0.606. The van der Waals surface area contributed by atoms with Gasteiger partial charge in [0, 0.05) is 19.6 Å². The Bertz CT molecular complexity index is 350. The fourth-order valence-corrected chi connectivity index (χ4v) is 2.00. The molecule has 1 fully saturated rings. The third-order valence-corrected chi connectivity index (χ3v) is 3.28. The van der Waals surface area contributed by atoms with Gasteiger partial charge < -0.3 is 10.2 Å². The van der Waals surface area contributed by atoms with E-state index in [1.807, 2.05) is 6.07 Å². The maximum Gasteiger partial charge on any atom is 0.146 e. The highest BCUT2D eigenvalue weighted by Crippen LogP contribution is 2.29. The lowest BCUT2D eigenvalue weighted by Gasteiger charge is -2.20. The van der Waals surface area contributed by atoms with Gasteiger partial charge in [-0.15, -0.1) is 0 Å². The lowest BCUT2D eigenvalue weighted by molar-refractivity contribution is 0.287. The second kappa shape index (κ2) is 6.01. The van der Waals surface area contributed by atoms with Gasteiger partial charge in [0.2, 0.25) is 0 Å². The predicted molar refractivity (Wildman–Crippen MR) is 69.7 cm³/mol. The van der Waals surface area contributed by atoms with Crippen molar-refractivity contribution in [1.29, 1.82) is 0 Å². The van der Waals surface area contributed by atoms with Crippen LogP contribution in [0.3, 0.4) is 0 Å². The van der Waals surface area contributed by atoms with E-state index in [1.54, 1.807) is 12.1 Å². The quantitative estimate of drug-likeness (QED) is 0.783. The van der Waals surface area contributed by atoms with Crippen molar-refractivity contribution in [2.24, 2.45) is 5.92 Å². The van der Waals surface area contributed by atoms with E-state index in [9.17, 15) is 4.39 Å². The fourth-order valence-electron chi connectivity index (χ4n) is 2.00. The number of benzene rings is 1. The first-order valence-electron chi connectivity index (χ1n) is 6.50. The molecule has 0 unspecified atom stereocenters. The fraction of sp³-hybridized carbons (Fsp3) is 0.571. The summed E-state index contributed by atoms with van der Waals surface area (Å²) in [6, 6.07) is 6.84. The second-order valence-corrected chi connectivity index (χ2v) is 4.74. The molecule has 0 saturated heterocycles. The van der Waals surface area contributed by atoms with Crippen molar-refractivity contribution in [3.63, 3.8) is 0 Å². The van der Waals surface area contributed by atoms with Crippen LogP contribution in [0.4, 0.5) is 10.1 Å². The lowest BCUT2D eigenvalue weighted by Crippen LogP contribution is -2.30. The number of nitrogens with one attached hydrogen (secondary N) is 1. The molecule has 3 heteroatoms. The first-order valence-corrected chi connectivity index (χ1v) is 6.50. The van der Waals surface area contributed by atoms with Gasteiger partial charge in [-0.3, -0.25) is 0 Å². The van der Waals surface area contributed by atoms with Gasteiger partial charge >= 0.3 is 0 Å². The summed E-state index contributed by atoms with van der Waals surface area (Å²) >= 11 is 0. The number of halogens is 1. The van der Waals surface area contributed by atoms with E-state index >= 15 is 0 Å². The zero-order valence-electron chi connectivity index (χ0n) is 10.5. The SMILES string of the molecule is CCN(CCNc1ccccc1F)CC1CC1. The first kappa shape index (κ1) is 12.4. The molecule has 0 amide bonds. The Morgan fingerprint density at radius 1 is 1.35 bits per heavy atom. The molecule has 1 aromatic rings. The van der Waals surface area contributed by atoms with Crippen LogP contribution in [0.15, 0.2) is 24.3 Å². The topological polar surface area (TPSA) is 15.3 Å². The highest BCUT2D eigenvalue weighted by molar-refractivity contribution is 5.44. The predicted octanol–water partition coefficient (Wildman–Crippen LogP) is 2.97. The third kappa shape index (κ3) is 4.00. The van der Waals surface area contributed by atoms with E-state index in [0.29, 0.717) is 5.69 Å². The summed E-state index contributed by atoms with van der Waals surface area (Å²) in [5.74, 6) is 0.751. The number of para-hydroxylation sites is 1. The zero-order chi connectivity index (χ0) is 12.1. The molecule has 17 heavy (non-hydrogen) atoms. The standard InChI is InChI=1S/C14H21FN2/c1-2-17(11-12-7-8-12)10-9-16-14-6-4-3-5-13(14)15/h3-6,12,16H,2,7-11H2,1H3. The Labute approximate surface area is 103 Å². The summed E-state index contributed by atoms with van der Waals surface area (Å²) in [7, 11) is 0. The Balaban J connectivity index is 1.72. The maximum atomic E-state index is 13.3. The van der Waals surface area contributed by atoms with Crippen LogP contribution in [-0.2, 0) is 0 Å². The highest BCUT2D eigenvalue weighted by atomic mass is 19.1. The average molecular weight is 236 g/mol. The minimum Gasteiger partial charge on any atom is -0.381 e. The Kier molecular flexibility index (Phi) is 4.37. The molecule has 1 aliphatic rings. The van der Waals surface area contributed by atoms with E-state index in [-0.39, 0.29) is 5.82 Å². The molecule has 0 bridgehead atoms. The molecule has 1 aromatic carbocycles. The van der Waals surface area contributed by atoms with E-state index in [4.69, 9.17) is 0 Å². The maximum absolute atomic E-state index is 13.3. The molecule has 0 atom stereocenters. The van der Waals surface area contributed by atoms with Gasteiger partial charge in [-0.05, 0) is 37.4 Å². The molecule has 1 saturated carbocycles. The first-order chi connectivity index (χ1) is 8.29. The molecular weight excluding hydrogens is 215 g/mol.